The second-order valence-corrected chi connectivity index (χ2v) is 3.74. The Balaban J connectivity index is 2.26. The number of ether oxygens (including phenoxy) is 1. The van der Waals surface area contributed by atoms with E-state index in [2.05, 4.69) is 4.98 Å². The van der Waals surface area contributed by atoms with Crippen LogP contribution in [0.1, 0.15) is 35.1 Å². The third-order valence-electron chi connectivity index (χ3n) is 2.58. The number of carbonyl (C=O) groups excluding carboxylic acids is 2. The molecule has 0 N–H and O–H groups in total. The van der Waals surface area contributed by atoms with Gasteiger partial charge in [0.15, 0.2) is 0 Å². The van der Waals surface area contributed by atoms with Crippen molar-refractivity contribution in [2.45, 2.75) is 26.2 Å². The number of Topliss-reactive ketones (excluding diaryl/α,β-unsaturated/α-hetero) is 1. The van der Waals surface area contributed by atoms with Crippen molar-refractivity contribution < 1.29 is 14.3 Å². The van der Waals surface area contributed by atoms with E-state index in [4.69, 9.17) is 4.74 Å². The van der Waals surface area contributed by atoms with Crippen LogP contribution in [0.25, 0.3) is 0 Å². The summed E-state index contributed by atoms with van der Waals surface area (Å²) in [4.78, 5) is 26.9. The van der Waals surface area contributed by atoms with E-state index in [-0.39, 0.29) is 5.78 Å². The molecular formula is C12H13NO3. The Morgan fingerprint density at radius 3 is 3.00 bits per heavy atom. The van der Waals surface area contributed by atoms with Gasteiger partial charge in [0.2, 0.25) is 0 Å². The average Bonchev–Trinajstić information content (AvgIpc) is 2.28. The van der Waals surface area contributed by atoms with Gasteiger partial charge in [-0.25, -0.2) is 9.78 Å². The van der Waals surface area contributed by atoms with Crippen LogP contribution in [-0.2, 0) is 22.4 Å². The van der Waals surface area contributed by atoms with Crippen LogP contribution in [0, 0.1) is 0 Å². The summed E-state index contributed by atoms with van der Waals surface area (Å²) in [5, 5.41) is 0. The molecule has 1 aliphatic carbocycles. The molecule has 1 aromatic rings. The van der Waals surface area contributed by atoms with Crippen LogP contribution in [-0.4, -0.2) is 23.3 Å². The zero-order valence-corrected chi connectivity index (χ0v) is 9.16. The Labute approximate surface area is 93.6 Å². The van der Waals surface area contributed by atoms with E-state index in [9.17, 15) is 9.59 Å². The minimum absolute atomic E-state index is 0.234. The first kappa shape index (κ1) is 10.8. The number of nitrogens with zero attached hydrogens (tertiary/aromatic N) is 1. The monoisotopic (exact) mass is 219 g/mol. The Kier molecular flexibility index (Phi) is 2.99. The van der Waals surface area contributed by atoms with Gasteiger partial charge >= 0.3 is 5.97 Å². The number of pyridine rings is 1. The number of hydrogen-bond donors (Lipinski definition) is 0. The fourth-order valence-electron chi connectivity index (χ4n) is 1.78. The topological polar surface area (TPSA) is 56.3 Å². The summed E-state index contributed by atoms with van der Waals surface area (Å²) in [7, 11) is 0. The number of rotatable bonds is 2. The molecule has 4 heteroatoms. The van der Waals surface area contributed by atoms with Crippen LogP contribution in [0.4, 0.5) is 0 Å². The number of aromatic nitrogens is 1. The van der Waals surface area contributed by atoms with Crippen LogP contribution in [0.2, 0.25) is 0 Å². The largest absolute Gasteiger partial charge is 0.461 e. The number of carbonyl (C=O) groups is 2. The van der Waals surface area contributed by atoms with Crippen molar-refractivity contribution in [3.05, 3.63) is 29.1 Å². The van der Waals surface area contributed by atoms with Gasteiger partial charge in [0.1, 0.15) is 11.5 Å². The van der Waals surface area contributed by atoms with Crippen LogP contribution in [0.5, 0.6) is 0 Å². The molecule has 0 unspecified atom stereocenters. The van der Waals surface area contributed by atoms with Gasteiger partial charge in [-0.3, -0.25) is 4.79 Å². The maximum absolute atomic E-state index is 11.4. The molecule has 0 atom stereocenters. The Morgan fingerprint density at radius 2 is 2.25 bits per heavy atom. The molecule has 0 radical (unpaired) electrons. The lowest BCUT2D eigenvalue weighted by molar-refractivity contribution is -0.118. The van der Waals surface area contributed by atoms with E-state index in [1.54, 1.807) is 19.1 Å². The summed E-state index contributed by atoms with van der Waals surface area (Å²) in [5.74, 6) is -0.166. The summed E-state index contributed by atoms with van der Waals surface area (Å²) in [6.07, 6.45) is 1.58. The van der Waals surface area contributed by atoms with E-state index >= 15 is 0 Å². The molecule has 0 aromatic carbocycles. The van der Waals surface area contributed by atoms with Crippen LogP contribution >= 0.6 is 0 Å². The fourth-order valence-corrected chi connectivity index (χ4v) is 1.78. The first-order valence-corrected chi connectivity index (χ1v) is 5.38. The zero-order valence-electron chi connectivity index (χ0n) is 9.16. The molecule has 0 spiro atoms. The van der Waals surface area contributed by atoms with Crippen molar-refractivity contribution in [2.24, 2.45) is 0 Å². The first-order valence-electron chi connectivity index (χ1n) is 5.38. The third kappa shape index (κ3) is 2.10. The van der Waals surface area contributed by atoms with Gasteiger partial charge in [-0.15, -0.1) is 0 Å². The summed E-state index contributed by atoms with van der Waals surface area (Å²) in [6, 6.07) is 3.42. The summed E-state index contributed by atoms with van der Waals surface area (Å²) >= 11 is 0. The molecule has 1 heterocycles. The molecule has 0 fully saturated rings. The van der Waals surface area contributed by atoms with Gasteiger partial charge in [-0.05, 0) is 25.0 Å². The molecule has 0 saturated heterocycles. The molecule has 1 aromatic heterocycles. The molecule has 4 nitrogen and oxygen atoms in total. The smallest absolute Gasteiger partial charge is 0.356 e. The van der Waals surface area contributed by atoms with Crippen molar-refractivity contribution in [3.63, 3.8) is 0 Å². The lowest BCUT2D eigenvalue weighted by Gasteiger charge is -2.14. The lowest BCUT2D eigenvalue weighted by Crippen LogP contribution is -2.17. The van der Waals surface area contributed by atoms with E-state index in [1.807, 2.05) is 0 Å². The third-order valence-corrected chi connectivity index (χ3v) is 2.58. The molecular weight excluding hydrogens is 206 g/mol. The fraction of sp³-hybridized carbons (Fsp3) is 0.417. The molecule has 2 rings (SSSR count). The Bertz CT molecular complexity index is 440. The second kappa shape index (κ2) is 4.43. The predicted octanol–water partition coefficient (Wildman–Crippen LogP) is 1.32. The van der Waals surface area contributed by atoms with Gasteiger partial charge in [-0.2, -0.15) is 0 Å². The van der Waals surface area contributed by atoms with Gasteiger partial charge in [-0.1, -0.05) is 6.07 Å². The van der Waals surface area contributed by atoms with E-state index in [0.717, 1.165) is 11.3 Å². The standard InChI is InChI=1S/C12H13NO3/c1-2-16-12(15)11-5-3-8-7-9(14)4-6-10(8)13-11/h3,5H,2,4,6-7H2,1H3. The van der Waals surface area contributed by atoms with E-state index in [0.29, 0.717) is 31.6 Å². The summed E-state index contributed by atoms with van der Waals surface area (Å²) < 4.78 is 4.87. The number of aryl methyl sites for hydroxylation is 1. The predicted molar refractivity (Wildman–Crippen MR) is 57.2 cm³/mol. The number of esters is 1. The Hall–Kier alpha value is -1.71. The number of hydrogen-bond acceptors (Lipinski definition) is 4. The van der Waals surface area contributed by atoms with Gasteiger partial charge in [0.25, 0.3) is 0 Å². The molecule has 0 amide bonds. The van der Waals surface area contributed by atoms with Gasteiger partial charge in [0, 0.05) is 18.5 Å². The van der Waals surface area contributed by atoms with Crippen LogP contribution in [0.3, 0.4) is 0 Å². The SMILES string of the molecule is CCOC(=O)c1ccc2c(n1)CCC(=O)C2. The molecule has 0 bridgehead atoms. The van der Waals surface area contributed by atoms with Crippen molar-refractivity contribution >= 4 is 11.8 Å². The summed E-state index contributed by atoms with van der Waals surface area (Å²) in [6.45, 7) is 2.10. The lowest BCUT2D eigenvalue weighted by atomic mass is 9.95. The molecule has 16 heavy (non-hydrogen) atoms. The van der Waals surface area contributed by atoms with Crippen LogP contribution in [0.15, 0.2) is 12.1 Å². The number of fused-ring (bicyclic) bond motifs is 1. The normalized spacial score (nSPS) is 14.4. The highest BCUT2D eigenvalue weighted by Gasteiger charge is 2.18. The highest BCUT2D eigenvalue weighted by Crippen LogP contribution is 2.17. The first-order chi connectivity index (χ1) is 7.70. The maximum atomic E-state index is 11.4. The van der Waals surface area contributed by atoms with Crippen LogP contribution < -0.4 is 0 Å². The van der Waals surface area contributed by atoms with Crippen molar-refractivity contribution in [1.29, 1.82) is 0 Å². The molecule has 0 saturated carbocycles. The minimum atomic E-state index is -0.401. The Morgan fingerprint density at radius 1 is 1.44 bits per heavy atom. The van der Waals surface area contributed by atoms with Crippen molar-refractivity contribution in [3.8, 4) is 0 Å². The molecule has 0 aliphatic heterocycles. The quantitative estimate of drug-likeness (QED) is 0.704. The van der Waals surface area contributed by atoms with Gasteiger partial charge < -0.3 is 4.74 Å². The van der Waals surface area contributed by atoms with Crippen molar-refractivity contribution in [1.82, 2.24) is 4.98 Å². The zero-order chi connectivity index (χ0) is 11.5. The molecule has 84 valence electrons. The maximum Gasteiger partial charge on any atom is 0.356 e. The van der Waals surface area contributed by atoms with E-state index < -0.39 is 5.97 Å². The van der Waals surface area contributed by atoms with Gasteiger partial charge in [0.05, 0.1) is 6.61 Å². The number of ketones is 1. The highest BCUT2D eigenvalue weighted by atomic mass is 16.5. The second-order valence-electron chi connectivity index (χ2n) is 3.74. The average molecular weight is 219 g/mol. The van der Waals surface area contributed by atoms with Crippen molar-refractivity contribution in [2.75, 3.05) is 6.61 Å². The van der Waals surface area contributed by atoms with E-state index in [1.165, 1.54) is 0 Å². The highest BCUT2D eigenvalue weighted by molar-refractivity contribution is 5.88. The minimum Gasteiger partial charge on any atom is -0.461 e. The molecule has 1 aliphatic rings. The summed E-state index contributed by atoms with van der Waals surface area (Å²) in [5.41, 5.74) is 2.12.